The molecule has 2 aromatic rings. The number of benzene rings is 1. The molecule has 1 unspecified atom stereocenters. The van der Waals surface area contributed by atoms with Crippen LogP contribution in [-0.2, 0) is 14.8 Å². The SMILES string of the molecule is Cc1[nH]nc(C(N)=O)c1NC(=O)C1CCCN(S(=O)(=O)c2ccc(F)cc2)C1. The summed E-state index contributed by atoms with van der Waals surface area (Å²) in [4.78, 5) is 24.1. The van der Waals surface area contributed by atoms with Gasteiger partial charge < -0.3 is 11.1 Å². The number of hydrogen-bond acceptors (Lipinski definition) is 5. The summed E-state index contributed by atoms with van der Waals surface area (Å²) in [5.41, 5.74) is 5.82. The van der Waals surface area contributed by atoms with E-state index in [0.29, 0.717) is 18.5 Å². The molecular formula is C17H20FN5O4S. The number of nitrogens with zero attached hydrogens (tertiary/aromatic N) is 2. The van der Waals surface area contributed by atoms with Crippen molar-refractivity contribution in [3.8, 4) is 0 Å². The molecule has 1 aliphatic heterocycles. The zero-order valence-corrected chi connectivity index (χ0v) is 15.9. The Labute approximate surface area is 161 Å². The molecule has 0 aliphatic carbocycles. The second kappa shape index (κ2) is 7.68. The Morgan fingerprint density at radius 1 is 1.32 bits per heavy atom. The van der Waals surface area contributed by atoms with Gasteiger partial charge in [-0.2, -0.15) is 9.40 Å². The van der Waals surface area contributed by atoms with E-state index in [2.05, 4.69) is 15.5 Å². The van der Waals surface area contributed by atoms with E-state index < -0.39 is 33.6 Å². The average Bonchev–Trinajstić information content (AvgIpc) is 3.03. The van der Waals surface area contributed by atoms with Crippen molar-refractivity contribution >= 4 is 27.5 Å². The average molecular weight is 409 g/mol. The predicted molar refractivity (Wildman–Crippen MR) is 98.4 cm³/mol. The molecule has 2 heterocycles. The Kier molecular flexibility index (Phi) is 5.47. The third kappa shape index (κ3) is 3.90. The minimum absolute atomic E-state index is 0.0195. The van der Waals surface area contributed by atoms with Crippen LogP contribution in [0, 0.1) is 18.7 Å². The van der Waals surface area contributed by atoms with Gasteiger partial charge in [-0.3, -0.25) is 14.7 Å². The fourth-order valence-electron chi connectivity index (χ4n) is 3.12. The third-order valence-corrected chi connectivity index (χ3v) is 6.51. The lowest BCUT2D eigenvalue weighted by Gasteiger charge is -2.31. The quantitative estimate of drug-likeness (QED) is 0.676. The second-order valence-corrected chi connectivity index (χ2v) is 8.52. The summed E-state index contributed by atoms with van der Waals surface area (Å²) >= 11 is 0. The Morgan fingerprint density at radius 3 is 2.64 bits per heavy atom. The summed E-state index contributed by atoms with van der Waals surface area (Å²) in [5, 5.41) is 8.97. The van der Waals surface area contributed by atoms with Crippen molar-refractivity contribution in [1.82, 2.24) is 14.5 Å². The molecule has 4 N–H and O–H groups in total. The third-order valence-electron chi connectivity index (χ3n) is 4.64. The van der Waals surface area contributed by atoms with Gasteiger partial charge in [-0.15, -0.1) is 0 Å². The van der Waals surface area contributed by atoms with Gasteiger partial charge in [-0.1, -0.05) is 0 Å². The van der Waals surface area contributed by atoms with E-state index in [1.807, 2.05) is 0 Å². The zero-order valence-electron chi connectivity index (χ0n) is 15.1. The van der Waals surface area contributed by atoms with Crippen LogP contribution in [-0.4, -0.2) is 47.8 Å². The number of carbonyl (C=O) groups is 2. The molecular weight excluding hydrogens is 389 g/mol. The lowest BCUT2D eigenvalue weighted by molar-refractivity contribution is -0.120. The van der Waals surface area contributed by atoms with Gasteiger partial charge in [-0.25, -0.2) is 12.8 Å². The monoisotopic (exact) mass is 409 g/mol. The number of halogens is 1. The molecule has 0 bridgehead atoms. The van der Waals surface area contributed by atoms with Gasteiger partial charge in [-0.05, 0) is 44.0 Å². The summed E-state index contributed by atoms with van der Waals surface area (Å²) in [6.45, 7) is 1.87. The Balaban J connectivity index is 1.76. The molecule has 2 amide bonds. The van der Waals surface area contributed by atoms with Crippen LogP contribution in [0.1, 0.15) is 29.0 Å². The van der Waals surface area contributed by atoms with Gasteiger partial charge in [0, 0.05) is 13.1 Å². The Bertz CT molecular complexity index is 1000. The lowest BCUT2D eigenvalue weighted by atomic mass is 9.98. The highest BCUT2D eigenvalue weighted by Gasteiger charge is 2.34. The Morgan fingerprint density at radius 2 is 2.00 bits per heavy atom. The van der Waals surface area contributed by atoms with Crippen LogP contribution in [0.15, 0.2) is 29.2 Å². The molecule has 1 aromatic heterocycles. The van der Waals surface area contributed by atoms with E-state index in [9.17, 15) is 22.4 Å². The molecule has 11 heteroatoms. The van der Waals surface area contributed by atoms with Crippen LogP contribution in [0.25, 0.3) is 0 Å². The van der Waals surface area contributed by atoms with E-state index in [0.717, 1.165) is 12.1 Å². The number of nitrogens with two attached hydrogens (primary N) is 1. The van der Waals surface area contributed by atoms with Crippen molar-refractivity contribution in [2.24, 2.45) is 11.7 Å². The minimum atomic E-state index is -3.84. The number of anilines is 1. The largest absolute Gasteiger partial charge is 0.364 e. The standard InChI is InChI=1S/C17H20FN5O4S/c1-10-14(15(16(19)24)22-21-10)20-17(25)11-3-2-8-23(9-11)28(26,27)13-6-4-12(18)5-7-13/h4-7,11H,2-3,8-9H2,1H3,(H2,19,24)(H,20,25)(H,21,22). The highest BCUT2D eigenvalue weighted by Crippen LogP contribution is 2.26. The molecule has 1 aromatic carbocycles. The van der Waals surface area contributed by atoms with Crippen LogP contribution in [0.3, 0.4) is 0 Å². The maximum Gasteiger partial charge on any atom is 0.271 e. The second-order valence-electron chi connectivity index (χ2n) is 6.58. The first-order chi connectivity index (χ1) is 13.2. The molecule has 1 fully saturated rings. The normalized spacial score (nSPS) is 18.0. The van der Waals surface area contributed by atoms with E-state index >= 15 is 0 Å². The number of aromatic amines is 1. The topological polar surface area (TPSA) is 138 Å². The number of primary amides is 1. The lowest BCUT2D eigenvalue weighted by Crippen LogP contribution is -2.43. The van der Waals surface area contributed by atoms with Crippen molar-refractivity contribution in [2.75, 3.05) is 18.4 Å². The van der Waals surface area contributed by atoms with Crippen LogP contribution in [0.5, 0.6) is 0 Å². The molecule has 3 rings (SSSR count). The van der Waals surface area contributed by atoms with Gasteiger partial charge in [0.05, 0.1) is 22.2 Å². The number of piperidine rings is 1. The maximum absolute atomic E-state index is 13.1. The molecule has 9 nitrogen and oxygen atoms in total. The van der Waals surface area contributed by atoms with E-state index in [1.165, 1.54) is 16.4 Å². The fraction of sp³-hybridized carbons (Fsp3) is 0.353. The minimum Gasteiger partial charge on any atom is -0.364 e. The van der Waals surface area contributed by atoms with Crippen molar-refractivity contribution in [2.45, 2.75) is 24.7 Å². The number of rotatable bonds is 5. The van der Waals surface area contributed by atoms with Gasteiger partial charge >= 0.3 is 0 Å². The van der Waals surface area contributed by atoms with Crippen LogP contribution in [0.2, 0.25) is 0 Å². The van der Waals surface area contributed by atoms with Gasteiger partial charge in [0.25, 0.3) is 5.91 Å². The summed E-state index contributed by atoms with van der Waals surface area (Å²) in [6, 6.07) is 4.55. The van der Waals surface area contributed by atoms with Crippen molar-refractivity contribution in [3.05, 3.63) is 41.5 Å². The molecule has 1 saturated heterocycles. The number of aryl methyl sites for hydroxylation is 1. The van der Waals surface area contributed by atoms with Crippen LogP contribution in [0.4, 0.5) is 10.1 Å². The highest BCUT2D eigenvalue weighted by molar-refractivity contribution is 7.89. The summed E-state index contributed by atoms with van der Waals surface area (Å²) in [6.07, 6.45) is 0.982. The molecule has 1 aliphatic rings. The first kappa shape index (κ1) is 20.0. The van der Waals surface area contributed by atoms with E-state index in [4.69, 9.17) is 5.73 Å². The number of carbonyl (C=O) groups excluding carboxylic acids is 2. The first-order valence-electron chi connectivity index (χ1n) is 8.61. The number of sulfonamides is 1. The predicted octanol–water partition coefficient (Wildman–Crippen LogP) is 0.996. The van der Waals surface area contributed by atoms with Crippen molar-refractivity contribution < 1.29 is 22.4 Å². The molecule has 0 spiro atoms. The van der Waals surface area contributed by atoms with Crippen LogP contribution >= 0.6 is 0 Å². The molecule has 28 heavy (non-hydrogen) atoms. The smallest absolute Gasteiger partial charge is 0.271 e. The number of hydrogen-bond donors (Lipinski definition) is 3. The number of aromatic nitrogens is 2. The number of H-pyrrole nitrogens is 1. The van der Waals surface area contributed by atoms with E-state index in [-0.39, 0.29) is 29.4 Å². The fourth-order valence-corrected chi connectivity index (χ4v) is 4.64. The maximum atomic E-state index is 13.1. The molecule has 0 radical (unpaired) electrons. The van der Waals surface area contributed by atoms with Crippen LogP contribution < -0.4 is 11.1 Å². The summed E-state index contributed by atoms with van der Waals surface area (Å²) < 4.78 is 39.9. The zero-order chi connectivity index (χ0) is 20.5. The van der Waals surface area contributed by atoms with Gasteiger partial charge in [0.1, 0.15) is 5.82 Å². The molecule has 0 saturated carbocycles. The van der Waals surface area contributed by atoms with Crippen molar-refractivity contribution in [1.29, 1.82) is 0 Å². The first-order valence-corrected chi connectivity index (χ1v) is 10.1. The van der Waals surface area contributed by atoms with Gasteiger partial charge in [0.2, 0.25) is 15.9 Å². The molecule has 150 valence electrons. The van der Waals surface area contributed by atoms with E-state index in [1.54, 1.807) is 6.92 Å². The molecule has 1 atom stereocenters. The Hall–Kier alpha value is -2.79. The summed E-state index contributed by atoms with van der Waals surface area (Å²) in [7, 11) is -3.84. The number of amides is 2. The summed E-state index contributed by atoms with van der Waals surface area (Å²) in [5.74, 6) is -2.36. The number of nitrogens with one attached hydrogen (secondary N) is 2. The highest BCUT2D eigenvalue weighted by atomic mass is 32.2. The van der Waals surface area contributed by atoms with Gasteiger partial charge in [0.15, 0.2) is 5.69 Å². The van der Waals surface area contributed by atoms with Crippen molar-refractivity contribution in [3.63, 3.8) is 0 Å².